The molecule has 0 aromatic carbocycles. The van der Waals surface area contributed by atoms with Gasteiger partial charge in [0.05, 0.1) is 10.7 Å². The summed E-state index contributed by atoms with van der Waals surface area (Å²) in [4.78, 5) is 7.15. The summed E-state index contributed by atoms with van der Waals surface area (Å²) < 4.78 is 0. The average molecular weight is 267 g/mol. The van der Waals surface area contributed by atoms with Crippen LogP contribution in [0.1, 0.15) is 49.9 Å². The second kappa shape index (κ2) is 6.64. The lowest BCUT2D eigenvalue weighted by Gasteiger charge is -2.33. The van der Waals surface area contributed by atoms with E-state index < -0.39 is 0 Å². The number of aryl methyl sites for hydroxylation is 1. The van der Waals surface area contributed by atoms with E-state index in [1.165, 1.54) is 44.6 Å². The van der Waals surface area contributed by atoms with Gasteiger partial charge in [0.2, 0.25) is 0 Å². The lowest BCUT2D eigenvalue weighted by molar-refractivity contribution is 0.192. The molecule has 1 fully saturated rings. The fourth-order valence-electron chi connectivity index (χ4n) is 2.66. The van der Waals surface area contributed by atoms with E-state index in [0.717, 1.165) is 5.01 Å². The van der Waals surface area contributed by atoms with Gasteiger partial charge in [0.15, 0.2) is 0 Å². The van der Waals surface area contributed by atoms with Crippen molar-refractivity contribution in [1.29, 1.82) is 0 Å². The van der Waals surface area contributed by atoms with Crippen molar-refractivity contribution in [2.45, 2.75) is 52.1 Å². The Kier molecular flexibility index (Phi) is 5.15. The van der Waals surface area contributed by atoms with E-state index in [-0.39, 0.29) is 0 Å². The lowest BCUT2D eigenvalue weighted by Crippen LogP contribution is -2.43. The summed E-state index contributed by atoms with van der Waals surface area (Å²) in [5, 5.41) is 7.07. The Labute approximate surface area is 115 Å². The maximum Gasteiger partial charge on any atom is 0.0898 e. The second-order valence-corrected chi connectivity index (χ2v) is 6.36. The third-order valence-corrected chi connectivity index (χ3v) is 4.49. The number of hydrogen-bond acceptors (Lipinski definition) is 4. The number of hydrogen-bond donors (Lipinski definition) is 1. The monoisotopic (exact) mass is 267 g/mol. The molecule has 1 saturated heterocycles. The summed E-state index contributed by atoms with van der Waals surface area (Å²) in [7, 11) is 0. The van der Waals surface area contributed by atoms with Gasteiger partial charge in [-0.3, -0.25) is 0 Å². The number of rotatable bonds is 5. The second-order valence-electron chi connectivity index (χ2n) is 5.30. The molecular weight excluding hydrogens is 242 g/mol. The highest BCUT2D eigenvalue weighted by Crippen LogP contribution is 2.19. The fourth-order valence-corrected chi connectivity index (χ4v) is 3.36. The third kappa shape index (κ3) is 3.77. The largest absolute Gasteiger partial charge is 0.306 e. The van der Waals surface area contributed by atoms with Crippen molar-refractivity contribution in [3.05, 3.63) is 16.1 Å². The van der Waals surface area contributed by atoms with E-state index in [1.807, 2.05) is 0 Å². The summed E-state index contributed by atoms with van der Waals surface area (Å²) in [6.45, 7) is 10.3. The van der Waals surface area contributed by atoms with Crippen molar-refractivity contribution in [3.63, 3.8) is 0 Å². The third-order valence-electron chi connectivity index (χ3n) is 3.69. The minimum Gasteiger partial charge on any atom is -0.306 e. The minimum absolute atomic E-state index is 0.387. The van der Waals surface area contributed by atoms with Crippen LogP contribution in [0, 0.1) is 6.92 Å². The molecule has 18 heavy (non-hydrogen) atoms. The highest BCUT2D eigenvalue weighted by molar-refractivity contribution is 7.09. The van der Waals surface area contributed by atoms with Crippen LogP contribution in [0.25, 0.3) is 0 Å². The zero-order valence-corrected chi connectivity index (χ0v) is 12.6. The molecule has 2 rings (SSSR count). The Bertz CT molecular complexity index is 356. The lowest BCUT2D eigenvalue weighted by atomic mass is 10.0. The molecule has 0 radical (unpaired) electrons. The van der Waals surface area contributed by atoms with Crippen molar-refractivity contribution in [3.8, 4) is 0 Å². The van der Waals surface area contributed by atoms with Crippen LogP contribution in [-0.4, -0.2) is 35.6 Å². The van der Waals surface area contributed by atoms with E-state index in [4.69, 9.17) is 0 Å². The van der Waals surface area contributed by atoms with E-state index in [9.17, 15) is 0 Å². The van der Waals surface area contributed by atoms with Crippen molar-refractivity contribution in [1.82, 2.24) is 15.2 Å². The SMILES string of the molecule is CCCN1CCC(NC(C)c2csc(C)n2)CC1. The highest BCUT2D eigenvalue weighted by Gasteiger charge is 2.20. The molecule has 0 aliphatic carbocycles. The molecule has 0 saturated carbocycles. The van der Waals surface area contributed by atoms with E-state index in [2.05, 4.69) is 41.4 Å². The Morgan fingerprint density at radius 1 is 1.50 bits per heavy atom. The van der Waals surface area contributed by atoms with Gasteiger partial charge in [0.1, 0.15) is 0 Å². The number of thiazole rings is 1. The summed E-state index contributed by atoms with van der Waals surface area (Å²) in [5.41, 5.74) is 1.20. The van der Waals surface area contributed by atoms with Gasteiger partial charge in [0, 0.05) is 17.5 Å². The maximum atomic E-state index is 4.57. The zero-order chi connectivity index (χ0) is 13.0. The van der Waals surface area contributed by atoms with Gasteiger partial charge >= 0.3 is 0 Å². The van der Waals surface area contributed by atoms with Crippen LogP contribution >= 0.6 is 11.3 Å². The zero-order valence-electron chi connectivity index (χ0n) is 11.8. The van der Waals surface area contributed by atoms with Crippen molar-refractivity contribution in [2.75, 3.05) is 19.6 Å². The molecule has 0 spiro atoms. The molecular formula is C14H25N3S. The Hall–Kier alpha value is -0.450. The van der Waals surface area contributed by atoms with E-state index >= 15 is 0 Å². The number of nitrogens with one attached hydrogen (secondary N) is 1. The van der Waals surface area contributed by atoms with Crippen LogP contribution < -0.4 is 5.32 Å². The minimum atomic E-state index is 0.387. The van der Waals surface area contributed by atoms with Crippen LogP contribution in [0.15, 0.2) is 5.38 Å². The summed E-state index contributed by atoms with van der Waals surface area (Å²) >= 11 is 1.74. The van der Waals surface area contributed by atoms with E-state index in [0.29, 0.717) is 12.1 Å². The Morgan fingerprint density at radius 2 is 2.22 bits per heavy atom. The molecule has 1 N–H and O–H groups in total. The van der Waals surface area contributed by atoms with Gasteiger partial charge in [-0.2, -0.15) is 0 Å². The molecule has 1 aliphatic rings. The van der Waals surface area contributed by atoms with Crippen LogP contribution in [-0.2, 0) is 0 Å². The van der Waals surface area contributed by atoms with Crippen molar-refractivity contribution >= 4 is 11.3 Å². The van der Waals surface area contributed by atoms with Crippen LogP contribution in [0.2, 0.25) is 0 Å². The predicted octanol–water partition coefficient (Wildman–Crippen LogP) is 2.98. The number of nitrogens with zero attached hydrogens (tertiary/aromatic N) is 2. The molecule has 4 heteroatoms. The predicted molar refractivity (Wildman–Crippen MR) is 78.2 cm³/mol. The number of piperidine rings is 1. The smallest absolute Gasteiger partial charge is 0.0898 e. The van der Waals surface area contributed by atoms with Gasteiger partial charge in [-0.05, 0) is 52.7 Å². The standard InChI is InChI=1S/C14H25N3S/c1-4-7-17-8-5-13(6-9-17)15-11(2)14-10-18-12(3)16-14/h10-11,13,15H,4-9H2,1-3H3. The molecule has 1 aromatic rings. The quantitative estimate of drug-likeness (QED) is 0.889. The normalized spacial score (nSPS) is 20.2. The molecule has 0 amide bonds. The van der Waals surface area contributed by atoms with Gasteiger partial charge in [-0.1, -0.05) is 6.92 Å². The van der Waals surface area contributed by atoms with Crippen molar-refractivity contribution < 1.29 is 0 Å². The first-order chi connectivity index (χ1) is 8.69. The number of aromatic nitrogens is 1. The van der Waals surface area contributed by atoms with Crippen LogP contribution in [0.3, 0.4) is 0 Å². The molecule has 1 aliphatic heterocycles. The summed E-state index contributed by atoms with van der Waals surface area (Å²) in [5.74, 6) is 0. The van der Waals surface area contributed by atoms with Gasteiger partial charge < -0.3 is 10.2 Å². The number of likely N-dealkylation sites (tertiary alicyclic amines) is 1. The molecule has 102 valence electrons. The maximum absolute atomic E-state index is 4.57. The topological polar surface area (TPSA) is 28.2 Å². The summed E-state index contributed by atoms with van der Waals surface area (Å²) in [6.07, 6.45) is 3.81. The van der Waals surface area contributed by atoms with Crippen molar-refractivity contribution in [2.24, 2.45) is 0 Å². The molecule has 1 unspecified atom stereocenters. The van der Waals surface area contributed by atoms with Crippen LogP contribution in [0.5, 0.6) is 0 Å². The first kappa shape index (κ1) is 14.0. The van der Waals surface area contributed by atoms with E-state index in [1.54, 1.807) is 11.3 Å². The Balaban J connectivity index is 1.77. The molecule has 3 nitrogen and oxygen atoms in total. The summed E-state index contributed by atoms with van der Waals surface area (Å²) in [6, 6.07) is 1.05. The van der Waals surface area contributed by atoms with Gasteiger partial charge in [0.25, 0.3) is 0 Å². The Morgan fingerprint density at radius 3 is 2.78 bits per heavy atom. The first-order valence-electron chi connectivity index (χ1n) is 7.09. The van der Waals surface area contributed by atoms with Gasteiger partial charge in [-0.25, -0.2) is 4.98 Å². The van der Waals surface area contributed by atoms with Gasteiger partial charge in [-0.15, -0.1) is 11.3 Å². The molecule has 0 bridgehead atoms. The molecule has 1 aromatic heterocycles. The highest BCUT2D eigenvalue weighted by atomic mass is 32.1. The fraction of sp³-hybridized carbons (Fsp3) is 0.786. The molecule has 2 heterocycles. The first-order valence-corrected chi connectivity index (χ1v) is 7.97. The van der Waals surface area contributed by atoms with Crippen LogP contribution in [0.4, 0.5) is 0 Å². The molecule has 1 atom stereocenters. The average Bonchev–Trinajstić information content (AvgIpc) is 2.79.